The Hall–Kier alpha value is 0.240. The Morgan fingerprint density at radius 2 is 1.00 bits per heavy atom. The van der Waals surface area contributed by atoms with E-state index in [-0.39, 0.29) is 0 Å². The topological polar surface area (TPSA) is 0 Å². The third kappa shape index (κ3) is 2.68. The summed E-state index contributed by atoms with van der Waals surface area (Å²) in [4.78, 5) is 0. The predicted molar refractivity (Wildman–Crippen MR) is 49.7 cm³/mol. The van der Waals surface area contributed by atoms with Gasteiger partial charge in [-0.2, -0.15) is 26.3 Å². The zero-order valence-electron chi connectivity index (χ0n) is 6.43. The molecule has 0 aromatic carbocycles. The van der Waals surface area contributed by atoms with E-state index in [2.05, 4.69) is 31.9 Å². The van der Waals surface area contributed by atoms with Gasteiger partial charge in [-0.3, -0.25) is 0 Å². The average molecular weight is 378 g/mol. The quantitative estimate of drug-likeness (QED) is 0.537. The third-order valence-electron chi connectivity index (χ3n) is 1.39. The van der Waals surface area contributed by atoms with Crippen molar-refractivity contribution in [3.05, 3.63) is 18.7 Å². The highest BCUT2D eigenvalue weighted by Crippen LogP contribution is 2.51. The third-order valence-corrected chi connectivity index (χ3v) is 3.92. The molecule has 0 unspecified atom stereocenters. The molecule has 1 aromatic rings. The van der Waals surface area contributed by atoms with E-state index in [1.165, 1.54) is 0 Å². The van der Waals surface area contributed by atoms with E-state index >= 15 is 0 Å². The molecule has 0 spiro atoms. The van der Waals surface area contributed by atoms with Gasteiger partial charge in [0.15, 0.2) is 0 Å². The first-order valence-corrected chi connectivity index (χ1v) is 5.57. The van der Waals surface area contributed by atoms with Crippen LogP contribution in [-0.2, 0) is 12.4 Å². The maximum Gasteiger partial charge on any atom is 0.418 e. The molecular formula is C6Br2F6S. The Labute approximate surface area is 101 Å². The molecule has 0 aliphatic rings. The summed E-state index contributed by atoms with van der Waals surface area (Å²) >= 11 is 5.27. The lowest BCUT2D eigenvalue weighted by atomic mass is 10.2. The number of rotatable bonds is 0. The van der Waals surface area contributed by atoms with Gasteiger partial charge in [0.1, 0.15) is 0 Å². The largest absolute Gasteiger partial charge is 0.418 e. The lowest BCUT2D eigenvalue weighted by Gasteiger charge is -2.11. The maximum absolute atomic E-state index is 12.3. The van der Waals surface area contributed by atoms with Gasteiger partial charge in [0.2, 0.25) is 0 Å². The molecule has 9 heteroatoms. The number of halogens is 8. The summed E-state index contributed by atoms with van der Waals surface area (Å²) in [6.07, 6.45) is -10.1. The molecule has 0 nitrogen and oxygen atoms in total. The molecule has 86 valence electrons. The van der Waals surface area contributed by atoms with Crippen molar-refractivity contribution in [2.24, 2.45) is 0 Å². The Morgan fingerprint density at radius 3 is 1.20 bits per heavy atom. The molecular weight excluding hydrogens is 378 g/mol. The van der Waals surface area contributed by atoms with Gasteiger partial charge >= 0.3 is 12.4 Å². The molecule has 0 aliphatic carbocycles. The fourth-order valence-electron chi connectivity index (χ4n) is 0.884. The maximum atomic E-state index is 12.3. The number of hydrogen-bond donors (Lipinski definition) is 0. The lowest BCUT2D eigenvalue weighted by molar-refractivity contribution is -0.162. The highest BCUT2D eigenvalue weighted by atomic mass is 79.9. The summed E-state index contributed by atoms with van der Waals surface area (Å²) < 4.78 is 72.7. The Kier molecular flexibility index (Phi) is 3.48. The molecule has 15 heavy (non-hydrogen) atoms. The summed E-state index contributed by atoms with van der Waals surface area (Å²) in [7, 11) is 0. The van der Waals surface area contributed by atoms with Crippen molar-refractivity contribution in [2.75, 3.05) is 0 Å². The summed E-state index contributed by atoms with van der Waals surface area (Å²) in [5, 5.41) is 0. The molecule has 0 N–H and O–H groups in total. The highest BCUT2D eigenvalue weighted by molar-refractivity contribution is 9.12. The average Bonchev–Trinajstić information content (AvgIpc) is 2.22. The Morgan fingerprint density at radius 1 is 0.733 bits per heavy atom. The Bertz CT molecular complexity index is 342. The van der Waals surface area contributed by atoms with E-state index in [1.54, 1.807) is 0 Å². The van der Waals surface area contributed by atoms with Gasteiger partial charge < -0.3 is 0 Å². The van der Waals surface area contributed by atoms with Crippen molar-refractivity contribution in [3.8, 4) is 0 Å². The van der Waals surface area contributed by atoms with E-state index in [1.807, 2.05) is 0 Å². The lowest BCUT2D eigenvalue weighted by Crippen LogP contribution is -2.15. The van der Waals surface area contributed by atoms with Crippen LogP contribution in [0.15, 0.2) is 7.57 Å². The van der Waals surface area contributed by atoms with Crippen LogP contribution in [0, 0.1) is 0 Å². The highest BCUT2D eigenvalue weighted by Gasteiger charge is 2.47. The van der Waals surface area contributed by atoms with E-state index < -0.39 is 31.1 Å². The second-order valence-corrected chi connectivity index (χ2v) is 6.05. The van der Waals surface area contributed by atoms with E-state index in [0.717, 1.165) is 0 Å². The summed E-state index contributed by atoms with van der Waals surface area (Å²) in [5.41, 5.74) is -3.38. The zero-order chi connectivity index (χ0) is 12.0. The van der Waals surface area contributed by atoms with Gasteiger partial charge in [-0.1, -0.05) is 0 Å². The predicted octanol–water partition coefficient (Wildman–Crippen LogP) is 5.31. The molecule has 0 saturated heterocycles. The first kappa shape index (κ1) is 13.3. The molecule has 0 atom stereocenters. The van der Waals surface area contributed by atoms with Crippen LogP contribution in [0.3, 0.4) is 0 Å². The normalized spacial score (nSPS) is 13.3. The van der Waals surface area contributed by atoms with Crippen LogP contribution in [0.25, 0.3) is 0 Å². The van der Waals surface area contributed by atoms with E-state index in [9.17, 15) is 26.3 Å². The van der Waals surface area contributed by atoms with Crippen LogP contribution in [0.5, 0.6) is 0 Å². The number of alkyl halides is 6. The number of hydrogen-bond acceptors (Lipinski definition) is 1. The molecule has 0 amide bonds. The summed E-state index contributed by atoms with van der Waals surface area (Å²) in [6.45, 7) is 0. The molecule has 1 aromatic heterocycles. The minimum absolute atomic E-state index is 0.343. The molecule has 0 saturated carbocycles. The van der Waals surface area contributed by atoms with Crippen molar-refractivity contribution >= 4 is 43.2 Å². The van der Waals surface area contributed by atoms with Crippen LogP contribution >= 0.6 is 43.2 Å². The van der Waals surface area contributed by atoms with E-state index in [4.69, 9.17) is 0 Å². The molecule has 1 heterocycles. The van der Waals surface area contributed by atoms with Gasteiger partial charge in [-0.25, -0.2) is 0 Å². The van der Waals surface area contributed by atoms with Crippen molar-refractivity contribution < 1.29 is 26.3 Å². The fourth-order valence-corrected chi connectivity index (χ4v) is 4.15. The fraction of sp³-hybridized carbons (Fsp3) is 0.333. The molecule has 0 aliphatic heterocycles. The van der Waals surface area contributed by atoms with Gasteiger partial charge in [-0.15, -0.1) is 11.3 Å². The first-order valence-electron chi connectivity index (χ1n) is 3.17. The standard InChI is InChI=1S/C6Br2F6S/c7-3-1(5(9,10)11)2(4(8)15-3)6(12,13)14. The van der Waals surface area contributed by atoms with Crippen LogP contribution in [0.4, 0.5) is 26.3 Å². The minimum atomic E-state index is -5.04. The smallest absolute Gasteiger partial charge is 0.166 e. The van der Waals surface area contributed by atoms with Crippen LogP contribution in [0.1, 0.15) is 11.1 Å². The van der Waals surface area contributed by atoms with E-state index in [0.29, 0.717) is 11.3 Å². The monoisotopic (exact) mass is 376 g/mol. The second kappa shape index (κ2) is 3.92. The van der Waals surface area contributed by atoms with Gasteiger partial charge in [0, 0.05) is 0 Å². The number of thiophene rings is 1. The van der Waals surface area contributed by atoms with Crippen molar-refractivity contribution in [2.45, 2.75) is 12.4 Å². The van der Waals surface area contributed by atoms with Gasteiger partial charge in [0.05, 0.1) is 18.7 Å². The first-order chi connectivity index (χ1) is 6.55. The Balaban J connectivity index is 3.51. The van der Waals surface area contributed by atoms with Crippen molar-refractivity contribution in [1.82, 2.24) is 0 Å². The molecule has 0 bridgehead atoms. The molecule has 0 radical (unpaired) electrons. The van der Waals surface area contributed by atoms with Gasteiger partial charge in [0.25, 0.3) is 0 Å². The van der Waals surface area contributed by atoms with Crippen LogP contribution in [0.2, 0.25) is 0 Å². The van der Waals surface area contributed by atoms with Crippen molar-refractivity contribution in [1.29, 1.82) is 0 Å². The zero-order valence-corrected chi connectivity index (χ0v) is 10.4. The second-order valence-electron chi connectivity index (χ2n) is 2.39. The van der Waals surface area contributed by atoms with Gasteiger partial charge in [-0.05, 0) is 31.9 Å². The summed E-state index contributed by atoms with van der Waals surface area (Å²) in [6, 6.07) is 0. The van der Waals surface area contributed by atoms with Crippen molar-refractivity contribution in [3.63, 3.8) is 0 Å². The van der Waals surface area contributed by atoms with Crippen LogP contribution < -0.4 is 0 Å². The summed E-state index contributed by atoms with van der Waals surface area (Å²) in [5.74, 6) is 0. The van der Waals surface area contributed by atoms with Crippen LogP contribution in [-0.4, -0.2) is 0 Å². The molecule has 1 rings (SSSR count). The molecule has 0 fully saturated rings. The minimum Gasteiger partial charge on any atom is -0.166 e. The SMILES string of the molecule is FC(F)(F)c1c(Br)sc(Br)c1C(F)(F)F.